The monoisotopic (exact) mass is 365 g/mol. The summed E-state index contributed by atoms with van der Waals surface area (Å²) in [5.74, 6) is 0.509. The maximum atomic E-state index is 12.3. The molecule has 1 amide bonds. The van der Waals surface area contributed by atoms with E-state index in [1.807, 2.05) is 26.8 Å². The number of carbonyl (C=O) groups is 1. The van der Waals surface area contributed by atoms with Crippen molar-refractivity contribution in [3.63, 3.8) is 0 Å². The van der Waals surface area contributed by atoms with Crippen LogP contribution in [0.15, 0.2) is 16.5 Å². The second-order valence-electron chi connectivity index (χ2n) is 5.99. The summed E-state index contributed by atoms with van der Waals surface area (Å²) in [6, 6.07) is 4.05. The van der Waals surface area contributed by atoms with Crippen molar-refractivity contribution in [2.24, 2.45) is 0 Å². The van der Waals surface area contributed by atoms with Crippen molar-refractivity contribution in [2.75, 3.05) is 5.32 Å². The van der Waals surface area contributed by atoms with Crippen LogP contribution in [0.4, 0.5) is 5.13 Å². The Hall–Kier alpha value is -1.60. The van der Waals surface area contributed by atoms with E-state index in [-0.39, 0.29) is 5.91 Å². The summed E-state index contributed by atoms with van der Waals surface area (Å²) in [5.41, 5.74) is 3.31. The number of benzene rings is 1. The zero-order valence-electron chi connectivity index (χ0n) is 14.8. The Morgan fingerprint density at radius 2 is 1.92 bits per heavy atom. The molecule has 0 aliphatic rings. The van der Waals surface area contributed by atoms with Gasteiger partial charge in [-0.15, -0.1) is 10.2 Å². The highest BCUT2D eigenvalue weighted by Gasteiger charge is 2.18. The second kappa shape index (κ2) is 7.98. The molecule has 0 radical (unpaired) electrons. The maximum absolute atomic E-state index is 12.3. The van der Waals surface area contributed by atoms with E-state index in [1.165, 1.54) is 11.3 Å². The molecular weight excluding hydrogens is 342 g/mol. The van der Waals surface area contributed by atoms with E-state index in [0.29, 0.717) is 10.4 Å². The lowest BCUT2D eigenvalue weighted by molar-refractivity contribution is -0.122. The molecule has 1 atom stereocenters. The molecule has 7 heteroatoms. The molecule has 1 aromatic carbocycles. The van der Waals surface area contributed by atoms with E-state index >= 15 is 0 Å². The number of nitrogens with one attached hydrogen (secondary N) is 1. The molecule has 0 aliphatic heterocycles. The molecule has 0 fully saturated rings. The lowest BCUT2D eigenvalue weighted by Crippen LogP contribution is -2.30. The Labute approximate surface area is 151 Å². The van der Waals surface area contributed by atoms with E-state index in [9.17, 15) is 4.79 Å². The van der Waals surface area contributed by atoms with Gasteiger partial charge in [0.25, 0.3) is 5.91 Å². The first kappa shape index (κ1) is 18.7. The van der Waals surface area contributed by atoms with Gasteiger partial charge in [0.1, 0.15) is 5.75 Å². The van der Waals surface area contributed by atoms with Crippen LogP contribution in [0.5, 0.6) is 5.75 Å². The van der Waals surface area contributed by atoms with Gasteiger partial charge < -0.3 is 4.74 Å². The molecule has 1 N–H and O–H groups in total. The third-order valence-corrected chi connectivity index (χ3v) is 5.34. The number of thioether (sulfide) groups is 1. The Morgan fingerprint density at radius 1 is 1.21 bits per heavy atom. The Bertz CT molecular complexity index is 729. The maximum Gasteiger partial charge on any atom is 0.266 e. The lowest BCUT2D eigenvalue weighted by Gasteiger charge is -2.17. The molecule has 0 saturated heterocycles. The van der Waals surface area contributed by atoms with E-state index in [4.69, 9.17) is 4.74 Å². The van der Waals surface area contributed by atoms with Gasteiger partial charge in [-0.1, -0.05) is 43.0 Å². The molecule has 2 rings (SSSR count). The molecule has 130 valence electrons. The van der Waals surface area contributed by atoms with E-state index in [2.05, 4.69) is 35.4 Å². The van der Waals surface area contributed by atoms with Gasteiger partial charge in [-0.2, -0.15) is 0 Å². The van der Waals surface area contributed by atoms with Gasteiger partial charge in [-0.25, -0.2) is 0 Å². The van der Waals surface area contributed by atoms with Crippen LogP contribution in [0.25, 0.3) is 0 Å². The molecule has 1 heterocycles. The third-order valence-electron chi connectivity index (χ3n) is 3.41. The van der Waals surface area contributed by atoms with Crippen LogP contribution in [0, 0.1) is 20.8 Å². The molecule has 0 spiro atoms. The van der Waals surface area contributed by atoms with Gasteiger partial charge in [0.2, 0.25) is 5.13 Å². The second-order valence-corrected chi connectivity index (χ2v) is 8.80. The molecule has 1 unspecified atom stereocenters. The van der Waals surface area contributed by atoms with Gasteiger partial charge in [0, 0.05) is 5.25 Å². The van der Waals surface area contributed by atoms with Crippen LogP contribution in [-0.4, -0.2) is 27.5 Å². The minimum Gasteiger partial charge on any atom is -0.481 e. The minimum atomic E-state index is -0.616. The highest BCUT2D eigenvalue weighted by atomic mass is 32.2. The minimum absolute atomic E-state index is 0.231. The number of aryl methyl sites for hydroxylation is 2. The van der Waals surface area contributed by atoms with Crippen LogP contribution in [-0.2, 0) is 4.79 Å². The predicted molar refractivity (Wildman–Crippen MR) is 100 cm³/mol. The number of hydrogen-bond acceptors (Lipinski definition) is 6. The molecule has 2 aromatic rings. The van der Waals surface area contributed by atoms with Crippen molar-refractivity contribution < 1.29 is 9.53 Å². The van der Waals surface area contributed by atoms with Crippen molar-refractivity contribution in [1.29, 1.82) is 0 Å². The number of amides is 1. The first-order chi connectivity index (χ1) is 11.3. The average molecular weight is 366 g/mol. The SMILES string of the molecule is Cc1cc(C)c(C)c(OC(C)C(=O)Nc2nnc(SC(C)C)s2)c1. The number of hydrogen-bond donors (Lipinski definition) is 1. The third kappa shape index (κ3) is 4.95. The van der Waals surface area contributed by atoms with E-state index in [1.54, 1.807) is 18.7 Å². The Morgan fingerprint density at radius 3 is 2.58 bits per heavy atom. The molecule has 0 saturated carbocycles. The van der Waals surface area contributed by atoms with Crippen LogP contribution < -0.4 is 10.1 Å². The largest absolute Gasteiger partial charge is 0.481 e. The summed E-state index contributed by atoms with van der Waals surface area (Å²) in [4.78, 5) is 12.3. The normalized spacial score (nSPS) is 12.3. The molecule has 1 aromatic heterocycles. The number of rotatable bonds is 6. The summed E-state index contributed by atoms with van der Waals surface area (Å²) in [6.45, 7) is 12.0. The fourth-order valence-electron chi connectivity index (χ4n) is 2.08. The van der Waals surface area contributed by atoms with E-state index < -0.39 is 6.10 Å². The van der Waals surface area contributed by atoms with Crippen molar-refractivity contribution >= 4 is 34.1 Å². The Kier molecular flexibility index (Phi) is 6.23. The smallest absolute Gasteiger partial charge is 0.266 e. The number of anilines is 1. The molecule has 5 nitrogen and oxygen atoms in total. The number of aromatic nitrogens is 2. The summed E-state index contributed by atoms with van der Waals surface area (Å²) in [5, 5.41) is 11.8. The van der Waals surface area contributed by atoms with Gasteiger partial charge in [0.15, 0.2) is 10.4 Å². The standard InChI is InChI=1S/C17H23N3O2S2/c1-9(2)23-17-20-19-16(24-17)18-15(21)13(6)22-14-8-10(3)7-11(4)12(14)5/h7-9,13H,1-6H3,(H,18,19,21). The zero-order valence-corrected chi connectivity index (χ0v) is 16.5. The molecule has 0 aliphatic carbocycles. The van der Waals surface area contributed by atoms with Gasteiger partial charge >= 0.3 is 0 Å². The topological polar surface area (TPSA) is 64.1 Å². The average Bonchev–Trinajstić information content (AvgIpc) is 2.90. The molecule has 24 heavy (non-hydrogen) atoms. The van der Waals surface area contributed by atoms with E-state index in [0.717, 1.165) is 26.8 Å². The zero-order chi connectivity index (χ0) is 17.9. The van der Waals surface area contributed by atoms with Crippen molar-refractivity contribution in [2.45, 2.75) is 57.2 Å². The quantitative estimate of drug-likeness (QED) is 0.608. The highest BCUT2D eigenvalue weighted by molar-refractivity contribution is 8.01. The van der Waals surface area contributed by atoms with Crippen molar-refractivity contribution in [1.82, 2.24) is 10.2 Å². The first-order valence-electron chi connectivity index (χ1n) is 7.81. The summed E-state index contributed by atoms with van der Waals surface area (Å²) >= 11 is 3.00. The van der Waals surface area contributed by atoms with Crippen LogP contribution in [0.3, 0.4) is 0 Å². The molecule has 0 bridgehead atoms. The van der Waals surface area contributed by atoms with Gasteiger partial charge in [0.05, 0.1) is 0 Å². The number of carbonyl (C=O) groups excluding carboxylic acids is 1. The summed E-state index contributed by atoms with van der Waals surface area (Å²) in [7, 11) is 0. The summed E-state index contributed by atoms with van der Waals surface area (Å²) < 4.78 is 6.70. The van der Waals surface area contributed by atoms with Crippen LogP contribution >= 0.6 is 23.1 Å². The number of nitrogens with zero attached hydrogens (tertiary/aromatic N) is 2. The van der Waals surface area contributed by atoms with Gasteiger partial charge in [-0.05, 0) is 50.5 Å². The fourth-order valence-corrected chi connectivity index (χ4v) is 4.06. The predicted octanol–water partition coefficient (Wildman–Crippen LogP) is 4.37. The number of ether oxygens (including phenoxy) is 1. The summed E-state index contributed by atoms with van der Waals surface area (Å²) in [6.07, 6.45) is -0.616. The van der Waals surface area contributed by atoms with Crippen molar-refractivity contribution in [3.8, 4) is 5.75 Å². The highest BCUT2D eigenvalue weighted by Crippen LogP contribution is 2.29. The van der Waals surface area contributed by atoms with Crippen LogP contribution in [0.2, 0.25) is 0 Å². The Balaban J connectivity index is 2.01. The van der Waals surface area contributed by atoms with Gasteiger partial charge in [-0.3, -0.25) is 10.1 Å². The molecular formula is C17H23N3O2S2. The van der Waals surface area contributed by atoms with Crippen LogP contribution in [0.1, 0.15) is 37.5 Å². The lowest BCUT2D eigenvalue weighted by atomic mass is 10.1. The fraction of sp³-hybridized carbons (Fsp3) is 0.471. The first-order valence-corrected chi connectivity index (χ1v) is 9.51. The van der Waals surface area contributed by atoms with Crippen molar-refractivity contribution in [3.05, 3.63) is 28.8 Å².